The summed E-state index contributed by atoms with van der Waals surface area (Å²) in [5.74, 6) is 0.138. The number of nitrogens with one attached hydrogen (secondary N) is 1. The van der Waals surface area contributed by atoms with Crippen LogP contribution in [0.15, 0.2) is 16.9 Å². The third kappa shape index (κ3) is 4.34. The van der Waals surface area contributed by atoms with Crippen LogP contribution in [0.3, 0.4) is 0 Å². The van der Waals surface area contributed by atoms with E-state index in [2.05, 4.69) is 26.3 Å². The molecule has 2 amide bonds. The Morgan fingerprint density at radius 1 is 1.47 bits per heavy atom. The first-order chi connectivity index (χ1) is 9.15. The van der Waals surface area contributed by atoms with Gasteiger partial charge >= 0.3 is 0 Å². The summed E-state index contributed by atoms with van der Waals surface area (Å²) in [7, 11) is 0. The van der Waals surface area contributed by atoms with Crippen LogP contribution in [0.5, 0.6) is 0 Å². The summed E-state index contributed by atoms with van der Waals surface area (Å²) in [5.41, 5.74) is 0. The van der Waals surface area contributed by atoms with Gasteiger partial charge in [-0.05, 0) is 22.4 Å². The monoisotopic (exact) mass is 328 g/mol. The molecule has 0 unspecified atom stereocenters. The average molecular weight is 329 g/mol. The van der Waals surface area contributed by atoms with E-state index in [0.717, 1.165) is 17.4 Å². The van der Waals surface area contributed by atoms with Crippen LogP contribution in [0.1, 0.15) is 19.3 Å². The van der Waals surface area contributed by atoms with Crippen LogP contribution < -0.4 is 5.32 Å². The van der Waals surface area contributed by atoms with Gasteiger partial charge in [0, 0.05) is 45.2 Å². The van der Waals surface area contributed by atoms with Gasteiger partial charge in [-0.1, -0.05) is 0 Å². The molecule has 0 aromatic carbocycles. The standard InChI is InChI=1S/C12H17BrN4O2/c13-10-8-15-17(9-10)5-1-2-12(19)16-6-3-11(18)14-4-7-16/h8-9H,1-7H2,(H,14,18). The zero-order valence-electron chi connectivity index (χ0n) is 10.6. The third-order valence-corrected chi connectivity index (χ3v) is 3.45. The molecule has 1 aliphatic heterocycles. The molecule has 1 fully saturated rings. The van der Waals surface area contributed by atoms with Crippen LogP contribution in [-0.4, -0.2) is 46.1 Å². The number of carbonyl (C=O) groups excluding carboxylic acids is 2. The lowest BCUT2D eigenvalue weighted by Gasteiger charge is -2.19. The molecule has 7 heteroatoms. The lowest BCUT2D eigenvalue weighted by atomic mass is 10.2. The molecular weight excluding hydrogens is 312 g/mol. The van der Waals surface area contributed by atoms with E-state index >= 15 is 0 Å². The second kappa shape index (κ2) is 6.70. The molecule has 0 saturated carbocycles. The van der Waals surface area contributed by atoms with Gasteiger partial charge in [0.25, 0.3) is 0 Å². The fourth-order valence-electron chi connectivity index (χ4n) is 2.03. The van der Waals surface area contributed by atoms with Gasteiger partial charge in [0.05, 0.1) is 10.7 Å². The molecule has 6 nitrogen and oxygen atoms in total. The van der Waals surface area contributed by atoms with Crippen LogP contribution >= 0.6 is 15.9 Å². The summed E-state index contributed by atoms with van der Waals surface area (Å²) >= 11 is 3.33. The molecular formula is C12H17BrN4O2. The van der Waals surface area contributed by atoms with Crippen molar-refractivity contribution in [3.63, 3.8) is 0 Å². The summed E-state index contributed by atoms with van der Waals surface area (Å²) in [6, 6.07) is 0. The van der Waals surface area contributed by atoms with Crippen molar-refractivity contribution in [1.82, 2.24) is 20.0 Å². The lowest BCUT2D eigenvalue weighted by Crippen LogP contribution is -2.34. The van der Waals surface area contributed by atoms with Crippen molar-refractivity contribution in [2.45, 2.75) is 25.8 Å². The number of rotatable bonds is 4. The summed E-state index contributed by atoms with van der Waals surface area (Å²) in [6.45, 7) is 2.41. The van der Waals surface area contributed by atoms with Gasteiger partial charge in [-0.15, -0.1) is 0 Å². The van der Waals surface area contributed by atoms with Crippen molar-refractivity contribution in [3.05, 3.63) is 16.9 Å². The highest BCUT2D eigenvalue weighted by atomic mass is 79.9. The quantitative estimate of drug-likeness (QED) is 0.887. The molecule has 104 valence electrons. The number of aromatic nitrogens is 2. The minimum Gasteiger partial charge on any atom is -0.354 e. The smallest absolute Gasteiger partial charge is 0.222 e. The molecule has 1 aromatic heterocycles. The summed E-state index contributed by atoms with van der Waals surface area (Å²) in [5, 5.41) is 6.90. The van der Waals surface area contributed by atoms with Crippen LogP contribution in [0.25, 0.3) is 0 Å². The Morgan fingerprint density at radius 3 is 3.05 bits per heavy atom. The first-order valence-corrected chi connectivity index (χ1v) is 7.17. The maximum absolute atomic E-state index is 12.0. The summed E-state index contributed by atoms with van der Waals surface area (Å²) in [6.07, 6.45) is 5.27. The third-order valence-electron chi connectivity index (χ3n) is 3.04. The van der Waals surface area contributed by atoms with Crippen molar-refractivity contribution in [1.29, 1.82) is 0 Å². The van der Waals surface area contributed by atoms with E-state index in [0.29, 0.717) is 32.5 Å². The van der Waals surface area contributed by atoms with Crippen molar-refractivity contribution in [2.75, 3.05) is 19.6 Å². The van der Waals surface area contributed by atoms with Crippen molar-refractivity contribution >= 4 is 27.7 Å². The molecule has 2 heterocycles. The molecule has 1 aliphatic rings. The van der Waals surface area contributed by atoms with Crippen molar-refractivity contribution in [2.24, 2.45) is 0 Å². The fourth-order valence-corrected chi connectivity index (χ4v) is 2.36. The average Bonchev–Trinajstić information content (AvgIpc) is 2.66. The topological polar surface area (TPSA) is 67.2 Å². The number of carbonyl (C=O) groups is 2. The van der Waals surface area contributed by atoms with E-state index in [1.807, 2.05) is 10.9 Å². The van der Waals surface area contributed by atoms with Gasteiger partial charge in [-0.3, -0.25) is 14.3 Å². The van der Waals surface area contributed by atoms with Gasteiger partial charge in [-0.25, -0.2) is 0 Å². The van der Waals surface area contributed by atoms with E-state index in [4.69, 9.17) is 0 Å². The van der Waals surface area contributed by atoms with Gasteiger partial charge < -0.3 is 10.2 Å². The molecule has 2 rings (SSSR count). The van der Waals surface area contributed by atoms with E-state index in [1.54, 1.807) is 11.1 Å². The van der Waals surface area contributed by atoms with Gasteiger partial charge in [0.15, 0.2) is 0 Å². The zero-order chi connectivity index (χ0) is 13.7. The maximum atomic E-state index is 12.0. The highest BCUT2D eigenvalue weighted by Crippen LogP contribution is 2.08. The Kier molecular flexibility index (Phi) is 4.95. The Hall–Kier alpha value is -1.37. The van der Waals surface area contributed by atoms with Crippen LogP contribution in [0, 0.1) is 0 Å². The number of amides is 2. The Labute approximate surface area is 120 Å². The number of hydrogen-bond donors (Lipinski definition) is 1. The number of nitrogens with zero attached hydrogens (tertiary/aromatic N) is 3. The Bertz CT molecular complexity index is 460. The SMILES string of the molecule is O=C1CCN(C(=O)CCCn2cc(Br)cn2)CCN1. The molecule has 0 aliphatic carbocycles. The highest BCUT2D eigenvalue weighted by molar-refractivity contribution is 9.10. The second-order valence-corrected chi connectivity index (χ2v) is 5.42. The zero-order valence-corrected chi connectivity index (χ0v) is 12.2. The molecule has 0 radical (unpaired) electrons. The number of aryl methyl sites for hydroxylation is 1. The molecule has 1 N–H and O–H groups in total. The first-order valence-electron chi connectivity index (χ1n) is 6.37. The molecule has 19 heavy (non-hydrogen) atoms. The minimum absolute atomic E-state index is 0.0247. The molecule has 0 spiro atoms. The van der Waals surface area contributed by atoms with Crippen molar-refractivity contribution < 1.29 is 9.59 Å². The molecule has 0 atom stereocenters. The number of halogens is 1. The van der Waals surface area contributed by atoms with Crippen LogP contribution in [0.2, 0.25) is 0 Å². The molecule has 0 bridgehead atoms. The van der Waals surface area contributed by atoms with Crippen molar-refractivity contribution in [3.8, 4) is 0 Å². The van der Waals surface area contributed by atoms with Crippen LogP contribution in [0.4, 0.5) is 0 Å². The summed E-state index contributed by atoms with van der Waals surface area (Å²) < 4.78 is 2.75. The molecule has 1 saturated heterocycles. The fraction of sp³-hybridized carbons (Fsp3) is 0.583. The highest BCUT2D eigenvalue weighted by Gasteiger charge is 2.17. The predicted octanol–water partition coefficient (Wildman–Crippen LogP) is 0.774. The first kappa shape index (κ1) is 14.0. The summed E-state index contributed by atoms with van der Waals surface area (Å²) in [4.78, 5) is 24.9. The van der Waals surface area contributed by atoms with Gasteiger partial charge in [0.1, 0.15) is 0 Å². The number of hydrogen-bond acceptors (Lipinski definition) is 3. The predicted molar refractivity (Wildman–Crippen MR) is 73.4 cm³/mol. The minimum atomic E-state index is 0.0247. The van der Waals surface area contributed by atoms with E-state index in [-0.39, 0.29) is 11.8 Å². The Balaban J connectivity index is 1.73. The molecule has 1 aromatic rings. The maximum Gasteiger partial charge on any atom is 0.222 e. The lowest BCUT2D eigenvalue weighted by molar-refractivity contribution is -0.131. The normalized spacial score (nSPS) is 16.1. The van der Waals surface area contributed by atoms with Gasteiger partial charge in [0.2, 0.25) is 11.8 Å². The van der Waals surface area contributed by atoms with E-state index in [9.17, 15) is 9.59 Å². The largest absolute Gasteiger partial charge is 0.354 e. The van der Waals surface area contributed by atoms with E-state index < -0.39 is 0 Å². The van der Waals surface area contributed by atoms with Gasteiger partial charge in [-0.2, -0.15) is 5.10 Å². The van der Waals surface area contributed by atoms with Crippen LogP contribution in [-0.2, 0) is 16.1 Å². The second-order valence-electron chi connectivity index (χ2n) is 4.51. The van der Waals surface area contributed by atoms with E-state index in [1.165, 1.54) is 0 Å². The Morgan fingerprint density at radius 2 is 2.32 bits per heavy atom.